The molecule has 1 N–H and O–H groups in total. The van der Waals surface area contributed by atoms with Gasteiger partial charge in [0.15, 0.2) is 0 Å². The summed E-state index contributed by atoms with van der Waals surface area (Å²) in [5.74, 6) is 1.02. The molecule has 0 saturated carbocycles. The number of hydrogen-bond donors (Lipinski definition) is 1. The molecule has 0 unspecified atom stereocenters. The second-order valence-corrected chi connectivity index (χ2v) is 6.14. The van der Waals surface area contributed by atoms with Gasteiger partial charge in [-0.05, 0) is 49.3 Å². The van der Waals surface area contributed by atoms with Crippen molar-refractivity contribution in [3.8, 4) is 0 Å². The Morgan fingerprint density at radius 1 is 1.28 bits per heavy atom. The van der Waals surface area contributed by atoms with E-state index in [1.165, 1.54) is 19.3 Å². The Labute approximate surface area is 110 Å². The fourth-order valence-electron chi connectivity index (χ4n) is 2.63. The molecule has 0 radical (unpaired) electrons. The largest absolute Gasteiger partial charge is 0.392 e. The van der Waals surface area contributed by atoms with Crippen molar-refractivity contribution in [2.45, 2.75) is 46.6 Å². The average molecular weight is 248 g/mol. The van der Waals surface area contributed by atoms with Gasteiger partial charge in [-0.2, -0.15) is 0 Å². The molecule has 0 spiro atoms. The number of aliphatic hydroxyl groups excluding tert-OH is 1. The van der Waals surface area contributed by atoms with E-state index >= 15 is 0 Å². The topological polar surface area (TPSA) is 36.4 Å². The summed E-state index contributed by atoms with van der Waals surface area (Å²) in [6, 6.07) is 3.97. The van der Waals surface area contributed by atoms with Crippen LogP contribution < -0.4 is 4.90 Å². The number of aryl methyl sites for hydroxylation is 1. The molecule has 1 aromatic rings. The fraction of sp³-hybridized carbons (Fsp3) is 0.667. The van der Waals surface area contributed by atoms with Crippen molar-refractivity contribution >= 4 is 5.82 Å². The lowest BCUT2D eigenvalue weighted by Crippen LogP contribution is -2.26. The van der Waals surface area contributed by atoms with Crippen molar-refractivity contribution in [2.24, 2.45) is 5.41 Å². The molecule has 18 heavy (non-hydrogen) atoms. The lowest BCUT2D eigenvalue weighted by atomic mass is 9.85. The summed E-state index contributed by atoms with van der Waals surface area (Å²) in [5, 5.41) is 9.28. The number of hydrogen-bond acceptors (Lipinski definition) is 3. The Balaban J connectivity index is 2.18. The third kappa shape index (κ3) is 3.22. The summed E-state index contributed by atoms with van der Waals surface area (Å²) in [5.41, 5.74) is 2.39. The van der Waals surface area contributed by atoms with Crippen LogP contribution in [0.2, 0.25) is 0 Å². The molecular formula is C15H24N2O. The normalized spacial score (nSPS) is 19.7. The van der Waals surface area contributed by atoms with Gasteiger partial charge in [-0.1, -0.05) is 13.8 Å². The molecule has 1 saturated heterocycles. The van der Waals surface area contributed by atoms with E-state index in [4.69, 9.17) is 0 Å². The van der Waals surface area contributed by atoms with Gasteiger partial charge in [0.1, 0.15) is 5.82 Å². The van der Waals surface area contributed by atoms with Crippen LogP contribution in [0.25, 0.3) is 0 Å². The van der Waals surface area contributed by atoms with E-state index in [1.54, 1.807) is 0 Å². The average Bonchev–Trinajstić information content (AvgIpc) is 2.49. The summed E-state index contributed by atoms with van der Waals surface area (Å²) < 4.78 is 0. The second-order valence-electron chi connectivity index (χ2n) is 6.14. The zero-order valence-corrected chi connectivity index (χ0v) is 11.7. The van der Waals surface area contributed by atoms with E-state index in [9.17, 15) is 5.11 Å². The van der Waals surface area contributed by atoms with Gasteiger partial charge in [0.25, 0.3) is 0 Å². The molecule has 0 atom stereocenters. The third-order valence-corrected chi connectivity index (χ3v) is 3.85. The second kappa shape index (κ2) is 5.27. The number of aliphatic hydroxyl groups is 1. The maximum absolute atomic E-state index is 9.28. The highest BCUT2D eigenvalue weighted by molar-refractivity contribution is 5.42. The predicted molar refractivity (Wildman–Crippen MR) is 74.7 cm³/mol. The van der Waals surface area contributed by atoms with Gasteiger partial charge in [0, 0.05) is 18.8 Å². The van der Waals surface area contributed by atoms with E-state index < -0.39 is 0 Å². The first-order valence-corrected chi connectivity index (χ1v) is 6.83. The van der Waals surface area contributed by atoms with Crippen molar-refractivity contribution < 1.29 is 5.11 Å². The molecule has 2 heterocycles. The number of rotatable bonds is 2. The maximum atomic E-state index is 9.28. The summed E-state index contributed by atoms with van der Waals surface area (Å²) in [6.07, 6.45) is 3.70. The Hall–Kier alpha value is -1.09. The molecule has 3 heteroatoms. The Morgan fingerprint density at radius 2 is 2.06 bits per heavy atom. The minimum absolute atomic E-state index is 0.0929. The lowest BCUT2D eigenvalue weighted by Gasteiger charge is -2.24. The Bertz CT molecular complexity index is 415. The quantitative estimate of drug-likeness (QED) is 0.874. The number of nitrogens with zero attached hydrogens (tertiary/aromatic N) is 2. The van der Waals surface area contributed by atoms with Crippen LogP contribution in [0.3, 0.4) is 0 Å². The zero-order chi connectivity index (χ0) is 13.2. The SMILES string of the molecule is Cc1cc(CO)cc(N2CCCC(C)(C)CC2)n1. The third-order valence-electron chi connectivity index (χ3n) is 3.85. The van der Waals surface area contributed by atoms with Crippen molar-refractivity contribution in [1.29, 1.82) is 0 Å². The van der Waals surface area contributed by atoms with Crippen LogP contribution >= 0.6 is 0 Å². The monoisotopic (exact) mass is 248 g/mol. The van der Waals surface area contributed by atoms with E-state index in [0.717, 1.165) is 30.2 Å². The molecular weight excluding hydrogens is 224 g/mol. The van der Waals surface area contributed by atoms with Crippen LogP contribution in [0, 0.1) is 12.3 Å². The first kappa shape index (κ1) is 13.3. The Kier molecular flexibility index (Phi) is 3.91. The van der Waals surface area contributed by atoms with Crippen molar-refractivity contribution in [3.05, 3.63) is 23.4 Å². The van der Waals surface area contributed by atoms with Gasteiger partial charge >= 0.3 is 0 Å². The van der Waals surface area contributed by atoms with Gasteiger partial charge in [-0.15, -0.1) is 0 Å². The summed E-state index contributed by atoms with van der Waals surface area (Å²) in [6.45, 7) is 8.91. The predicted octanol–water partition coefficient (Wildman–Crippen LogP) is 2.90. The number of pyridine rings is 1. The van der Waals surface area contributed by atoms with E-state index in [2.05, 4.69) is 23.7 Å². The molecule has 0 amide bonds. The molecule has 100 valence electrons. The molecule has 1 aliphatic rings. The first-order valence-electron chi connectivity index (χ1n) is 6.83. The van der Waals surface area contributed by atoms with E-state index in [0.29, 0.717) is 5.41 Å². The molecule has 2 rings (SSSR count). The molecule has 0 aromatic carbocycles. The van der Waals surface area contributed by atoms with Crippen molar-refractivity contribution in [3.63, 3.8) is 0 Å². The van der Waals surface area contributed by atoms with E-state index in [-0.39, 0.29) is 6.61 Å². The van der Waals surface area contributed by atoms with Crippen molar-refractivity contribution in [2.75, 3.05) is 18.0 Å². The van der Waals surface area contributed by atoms with Gasteiger partial charge in [0.2, 0.25) is 0 Å². The van der Waals surface area contributed by atoms with Gasteiger partial charge in [-0.3, -0.25) is 0 Å². The molecule has 3 nitrogen and oxygen atoms in total. The highest BCUT2D eigenvalue weighted by Crippen LogP contribution is 2.31. The first-order chi connectivity index (χ1) is 8.50. The minimum atomic E-state index is 0.0929. The molecule has 1 aromatic heterocycles. The smallest absolute Gasteiger partial charge is 0.129 e. The van der Waals surface area contributed by atoms with Crippen LogP contribution in [0.1, 0.15) is 44.4 Å². The highest BCUT2D eigenvalue weighted by Gasteiger charge is 2.23. The number of aromatic nitrogens is 1. The lowest BCUT2D eigenvalue weighted by molar-refractivity contribution is 0.281. The van der Waals surface area contributed by atoms with Gasteiger partial charge in [-0.25, -0.2) is 4.98 Å². The zero-order valence-electron chi connectivity index (χ0n) is 11.7. The van der Waals surface area contributed by atoms with Gasteiger partial charge < -0.3 is 10.0 Å². The molecule has 0 bridgehead atoms. The summed E-state index contributed by atoms with van der Waals surface area (Å²) >= 11 is 0. The molecule has 0 aliphatic carbocycles. The maximum Gasteiger partial charge on any atom is 0.129 e. The van der Waals surface area contributed by atoms with Crippen LogP contribution in [-0.2, 0) is 6.61 Å². The van der Waals surface area contributed by atoms with Gasteiger partial charge in [0.05, 0.1) is 6.61 Å². The minimum Gasteiger partial charge on any atom is -0.392 e. The highest BCUT2D eigenvalue weighted by atomic mass is 16.3. The van der Waals surface area contributed by atoms with E-state index in [1.807, 2.05) is 19.1 Å². The fourth-order valence-corrected chi connectivity index (χ4v) is 2.63. The van der Waals surface area contributed by atoms with Crippen LogP contribution in [-0.4, -0.2) is 23.2 Å². The Morgan fingerprint density at radius 3 is 2.78 bits per heavy atom. The molecule has 1 fully saturated rings. The summed E-state index contributed by atoms with van der Waals surface area (Å²) in [4.78, 5) is 6.97. The van der Waals surface area contributed by atoms with Crippen LogP contribution in [0.4, 0.5) is 5.82 Å². The van der Waals surface area contributed by atoms with Crippen molar-refractivity contribution in [1.82, 2.24) is 4.98 Å². The van der Waals surface area contributed by atoms with Crippen LogP contribution in [0.5, 0.6) is 0 Å². The standard InChI is InChI=1S/C15H24N2O/c1-12-9-13(11-18)10-14(16-12)17-7-4-5-15(2,3)6-8-17/h9-10,18H,4-8,11H2,1-3H3. The summed E-state index contributed by atoms with van der Waals surface area (Å²) in [7, 11) is 0. The van der Waals surface area contributed by atoms with Crippen LogP contribution in [0.15, 0.2) is 12.1 Å². The molecule has 1 aliphatic heterocycles. The number of anilines is 1.